The van der Waals surface area contributed by atoms with Crippen LogP contribution < -0.4 is 5.32 Å². The molecule has 22 heavy (non-hydrogen) atoms. The molecule has 6 heteroatoms. The molecule has 1 N–H and O–H groups in total. The first kappa shape index (κ1) is 14.3. The monoisotopic (exact) mass is 312 g/mol. The maximum Gasteiger partial charge on any atom is 0.258 e. The van der Waals surface area contributed by atoms with E-state index in [1.807, 2.05) is 24.3 Å². The number of hydrogen-bond acceptors (Lipinski definition) is 3. The topological polar surface area (TPSA) is 59.8 Å². The highest BCUT2D eigenvalue weighted by molar-refractivity contribution is 6.31. The van der Waals surface area contributed by atoms with Gasteiger partial charge in [-0.2, -0.15) is 5.10 Å². The molecule has 2 heterocycles. The van der Waals surface area contributed by atoms with E-state index in [0.29, 0.717) is 22.8 Å². The third-order valence-corrected chi connectivity index (χ3v) is 3.47. The molecule has 0 spiro atoms. The summed E-state index contributed by atoms with van der Waals surface area (Å²) in [5.74, 6) is -0.224. The molecular formula is C16H13ClN4O. The summed E-state index contributed by atoms with van der Waals surface area (Å²) >= 11 is 6.12. The molecule has 0 unspecified atom stereocenters. The number of amides is 1. The van der Waals surface area contributed by atoms with Gasteiger partial charge in [-0.25, -0.2) is 0 Å². The highest BCUT2D eigenvalue weighted by atomic mass is 35.5. The van der Waals surface area contributed by atoms with Crippen LogP contribution in [0.5, 0.6) is 0 Å². The molecule has 2 aromatic heterocycles. The molecule has 0 saturated carbocycles. The van der Waals surface area contributed by atoms with Gasteiger partial charge in [-0.05, 0) is 23.8 Å². The number of carbonyl (C=O) groups is 1. The van der Waals surface area contributed by atoms with E-state index in [1.165, 1.54) is 6.20 Å². The van der Waals surface area contributed by atoms with Crippen LogP contribution in [0, 0.1) is 0 Å². The van der Waals surface area contributed by atoms with Gasteiger partial charge in [-0.1, -0.05) is 29.8 Å². The summed E-state index contributed by atoms with van der Waals surface area (Å²) in [7, 11) is 0. The van der Waals surface area contributed by atoms with Gasteiger partial charge in [0.25, 0.3) is 5.91 Å². The average Bonchev–Trinajstić information content (AvgIpc) is 2.99. The normalized spacial score (nSPS) is 10.4. The third-order valence-electron chi connectivity index (χ3n) is 3.11. The number of nitrogens with one attached hydrogen (secondary N) is 1. The maximum atomic E-state index is 12.1. The standard InChI is InChI=1S/C16H13ClN4O/c17-15-6-2-1-4-12(15)10-21-11-13(8-19-21)16(22)20-14-5-3-7-18-9-14/h1-9,11H,10H2,(H,20,22). The molecule has 0 saturated heterocycles. The fourth-order valence-corrected chi connectivity index (χ4v) is 2.20. The Morgan fingerprint density at radius 2 is 2.05 bits per heavy atom. The fourth-order valence-electron chi connectivity index (χ4n) is 2.01. The Hall–Kier alpha value is -2.66. The van der Waals surface area contributed by atoms with Crippen molar-refractivity contribution in [3.63, 3.8) is 0 Å². The van der Waals surface area contributed by atoms with Crippen LogP contribution >= 0.6 is 11.6 Å². The lowest BCUT2D eigenvalue weighted by Crippen LogP contribution is -2.11. The van der Waals surface area contributed by atoms with E-state index >= 15 is 0 Å². The number of hydrogen-bond donors (Lipinski definition) is 1. The Kier molecular flexibility index (Phi) is 4.16. The van der Waals surface area contributed by atoms with E-state index in [9.17, 15) is 4.79 Å². The zero-order chi connectivity index (χ0) is 15.4. The predicted molar refractivity (Wildman–Crippen MR) is 85.0 cm³/mol. The molecule has 0 atom stereocenters. The van der Waals surface area contributed by atoms with Crippen LogP contribution in [0.15, 0.2) is 61.2 Å². The second-order valence-corrected chi connectivity index (χ2v) is 5.12. The molecule has 1 amide bonds. The van der Waals surface area contributed by atoms with E-state index in [4.69, 9.17) is 11.6 Å². The minimum Gasteiger partial charge on any atom is -0.320 e. The smallest absolute Gasteiger partial charge is 0.258 e. The number of nitrogens with zero attached hydrogens (tertiary/aromatic N) is 3. The van der Waals surface area contributed by atoms with Crippen molar-refractivity contribution in [1.29, 1.82) is 0 Å². The molecule has 0 radical (unpaired) electrons. The lowest BCUT2D eigenvalue weighted by molar-refractivity contribution is 0.102. The SMILES string of the molecule is O=C(Nc1cccnc1)c1cnn(Cc2ccccc2Cl)c1. The van der Waals surface area contributed by atoms with Crippen LogP contribution in [0.2, 0.25) is 5.02 Å². The summed E-state index contributed by atoms with van der Waals surface area (Å²) in [6.45, 7) is 0.514. The summed E-state index contributed by atoms with van der Waals surface area (Å²) < 4.78 is 1.68. The second kappa shape index (κ2) is 6.41. The highest BCUT2D eigenvalue weighted by Gasteiger charge is 2.10. The van der Waals surface area contributed by atoms with Gasteiger partial charge >= 0.3 is 0 Å². The molecule has 3 aromatic rings. The van der Waals surface area contributed by atoms with Crippen molar-refractivity contribution in [2.45, 2.75) is 6.54 Å². The van der Waals surface area contributed by atoms with E-state index in [2.05, 4.69) is 15.4 Å². The first-order valence-electron chi connectivity index (χ1n) is 6.69. The summed E-state index contributed by atoms with van der Waals surface area (Å²) in [6, 6.07) is 11.1. The first-order chi connectivity index (χ1) is 10.7. The molecule has 0 aliphatic carbocycles. The largest absolute Gasteiger partial charge is 0.320 e. The highest BCUT2D eigenvalue weighted by Crippen LogP contribution is 2.16. The van der Waals surface area contributed by atoms with E-state index < -0.39 is 0 Å². The van der Waals surface area contributed by atoms with Crippen molar-refractivity contribution in [3.8, 4) is 0 Å². The Bertz CT molecular complexity index is 786. The van der Waals surface area contributed by atoms with E-state index in [1.54, 1.807) is 35.4 Å². The van der Waals surface area contributed by atoms with Gasteiger partial charge in [0.1, 0.15) is 0 Å². The Morgan fingerprint density at radius 3 is 2.82 bits per heavy atom. The number of aromatic nitrogens is 3. The minimum atomic E-state index is -0.224. The lowest BCUT2D eigenvalue weighted by Gasteiger charge is -2.04. The van der Waals surface area contributed by atoms with Gasteiger partial charge < -0.3 is 5.32 Å². The molecule has 0 aliphatic heterocycles. The Morgan fingerprint density at radius 1 is 1.18 bits per heavy atom. The average molecular weight is 313 g/mol. The van der Waals surface area contributed by atoms with Crippen molar-refractivity contribution in [3.05, 3.63) is 77.3 Å². The van der Waals surface area contributed by atoms with E-state index in [0.717, 1.165) is 5.56 Å². The van der Waals surface area contributed by atoms with Crippen LogP contribution in [0.1, 0.15) is 15.9 Å². The molecule has 0 aliphatic rings. The molecule has 0 bridgehead atoms. The zero-order valence-corrected chi connectivity index (χ0v) is 12.4. The van der Waals surface area contributed by atoms with Crippen LogP contribution in [0.25, 0.3) is 0 Å². The summed E-state index contributed by atoms with van der Waals surface area (Å²) in [5, 5.41) is 7.64. The second-order valence-electron chi connectivity index (χ2n) is 4.71. The molecule has 3 rings (SSSR count). The number of anilines is 1. The number of rotatable bonds is 4. The summed E-state index contributed by atoms with van der Waals surface area (Å²) in [5.41, 5.74) is 2.08. The van der Waals surface area contributed by atoms with Crippen molar-refractivity contribution in [2.24, 2.45) is 0 Å². The fraction of sp³-hybridized carbons (Fsp3) is 0.0625. The Balaban J connectivity index is 1.71. The summed E-state index contributed by atoms with van der Waals surface area (Å²) in [4.78, 5) is 16.1. The number of benzene rings is 1. The number of halogens is 1. The van der Waals surface area contributed by atoms with E-state index in [-0.39, 0.29) is 5.91 Å². The van der Waals surface area contributed by atoms with Crippen LogP contribution in [0.3, 0.4) is 0 Å². The van der Waals surface area contributed by atoms with Crippen LogP contribution in [0.4, 0.5) is 5.69 Å². The molecule has 1 aromatic carbocycles. The zero-order valence-electron chi connectivity index (χ0n) is 11.6. The molecule has 110 valence electrons. The van der Waals surface area contributed by atoms with Crippen molar-refractivity contribution in [1.82, 2.24) is 14.8 Å². The lowest BCUT2D eigenvalue weighted by atomic mass is 10.2. The van der Waals surface area contributed by atoms with Gasteiger partial charge in [0.2, 0.25) is 0 Å². The molecular weight excluding hydrogens is 300 g/mol. The quantitative estimate of drug-likeness (QED) is 0.804. The summed E-state index contributed by atoms with van der Waals surface area (Å²) in [6.07, 6.45) is 6.46. The first-order valence-corrected chi connectivity index (χ1v) is 7.07. The van der Waals surface area contributed by atoms with Gasteiger partial charge in [-0.15, -0.1) is 0 Å². The van der Waals surface area contributed by atoms with Crippen molar-refractivity contribution >= 4 is 23.2 Å². The van der Waals surface area contributed by atoms with Crippen molar-refractivity contribution < 1.29 is 4.79 Å². The number of pyridine rings is 1. The number of carbonyl (C=O) groups excluding carboxylic acids is 1. The Labute approximate surface area is 132 Å². The van der Waals surface area contributed by atoms with Gasteiger partial charge in [0.05, 0.1) is 30.2 Å². The molecule has 5 nitrogen and oxygen atoms in total. The van der Waals surface area contributed by atoms with Crippen LogP contribution in [-0.4, -0.2) is 20.7 Å². The van der Waals surface area contributed by atoms with Gasteiger partial charge in [0, 0.05) is 17.4 Å². The van der Waals surface area contributed by atoms with Gasteiger partial charge in [-0.3, -0.25) is 14.5 Å². The minimum absolute atomic E-state index is 0.224. The predicted octanol–water partition coefficient (Wildman–Crippen LogP) is 3.23. The van der Waals surface area contributed by atoms with Gasteiger partial charge in [0.15, 0.2) is 0 Å². The van der Waals surface area contributed by atoms with Crippen molar-refractivity contribution in [2.75, 3.05) is 5.32 Å². The third kappa shape index (κ3) is 3.32. The van der Waals surface area contributed by atoms with Crippen LogP contribution in [-0.2, 0) is 6.54 Å². The maximum absolute atomic E-state index is 12.1. The molecule has 0 fully saturated rings.